The number of carboxylic acid groups (broad SMARTS) is 1. The van der Waals surface area contributed by atoms with Gasteiger partial charge in [-0.1, -0.05) is 31.2 Å². The highest BCUT2D eigenvalue weighted by atomic mass is 32.2. The van der Waals surface area contributed by atoms with Crippen LogP contribution in [0.5, 0.6) is 11.5 Å². The van der Waals surface area contributed by atoms with Gasteiger partial charge in [-0.05, 0) is 41.8 Å². The zero-order chi connectivity index (χ0) is 32.0. The predicted octanol–water partition coefficient (Wildman–Crippen LogP) is 1.83. The number of carbonyl (C=O) groups excluding carboxylic acids is 1. The molecule has 1 unspecified atom stereocenters. The van der Waals surface area contributed by atoms with Crippen LogP contribution in [0.1, 0.15) is 31.1 Å². The largest absolute Gasteiger partial charge is 0.491 e. The monoisotopic (exact) mass is 650 g/mol. The number of aliphatic hydroxyl groups excluding tert-OH is 1. The molecule has 5 N–H and O–H groups in total. The van der Waals surface area contributed by atoms with E-state index in [9.17, 15) is 32.6 Å². The van der Waals surface area contributed by atoms with Crippen molar-refractivity contribution in [2.45, 2.75) is 49.4 Å². The highest BCUT2D eigenvalue weighted by molar-refractivity contribution is 7.91. The number of hydrogen-bond donors (Lipinski definition) is 4. The van der Waals surface area contributed by atoms with Gasteiger partial charge < -0.3 is 25.0 Å². The van der Waals surface area contributed by atoms with Crippen molar-refractivity contribution in [1.82, 2.24) is 25.3 Å². The highest BCUT2D eigenvalue weighted by Gasteiger charge is 2.30. The van der Waals surface area contributed by atoms with E-state index in [4.69, 9.17) is 14.6 Å². The molecule has 3 atom stereocenters. The molecule has 44 heavy (non-hydrogen) atoms. The summed E-state index contributed by atoms with van der Waals surface area (Å²) in [6.07, 6.45) is 0.278. The third-order valence-electron chi connectivity index (χ3n) is 6.31. The number of primary sulfonamides is 1. The second kappa shape index (κ2) is 14.1. The van der Waals surface area contributed by atoms with E-state index in [2.05, 4.69) is 20.6 Å². The van der Waals surface area contributed by atoms with Gasteiger partial charge in [0.15, 0.2) is 0 Å². The molecule has 0 saturated carbocycles. The number of amides is 1. The number of rotatable bonds is 15. The molecule has 236 valence electrons. The van der Waals surface area contributed by atoms with Crippen LogP contribution in [0.25, 0.3) is 10.2 Å². The van der Waals surface area contributed by atoms with Crippen LogP contribution >= 0.6 is 11.3 Å². The molecule has 0 fully saturated rings. The van der Waals surface area contributed by atoms with Crippen LogP contribution in [0.15, 0.2) is 53.0 Å². The van der Waals surface area contributed by atoms with Crippen LogP contribution in [0.3, 0.4) is 0 Å². The lowest BCUT2D eigenvalue weighted by Gasteiger charge is -2.23. The molecule has 0 aliphatic rings. The Balaban J connectivity index is 1.39. The van der Waals surface area contributed by atoms with E-state index in [1.807, 2.05) is 0 Å². The van der Waals surface area contributed by atoms with E-state index in [-0.39, 0.29) is 29.9 Å². The first-order valence-electron chi connectivity index (χ1n) is 13.3. The summed E-state index contributed by atoms with van der Waals surface area (Å²) in [7, 11) is -3.93. The number of thiazole rings is 1. The summed E-state index contributed by atoms with van der Waals surface area (Å²) in [5.74, 6) is -1.27. The highest BCUT2D eigenvalue weighted by Crippen LogP contribution is 2.28. The van der Waals surface area contributed by atoms with Crippen molar-refractivity contribution in [1.29, 1.82) is 0 Å². The Kier molecular flexibility index (Phi) is 10.5. The van der Waals surface area contributed by atoms with Crippen LogP contribution in [0.2, 0.25) is 0 Å². The fraction of sp³-hybridized carbons (Fsp3) is 0.370. The first-order valence-corrected chi connectivity index (χ1v) is 15.7. The van der Waals surface area contributed by atoms with Gasteiger partial charge in [-0.3, -0.25) is 4.79 Å². The smallest absolute Gasteiger partial charge is 0.326 e. The number of sulfonamides is 1. The van der Waals surface area contributed by atoms with Crippen LogP contribution in [-0.4, -0.2) is 75.9 Å². The number of nitrogens with one attached hydrogen (secondary N) is 1. The minimum Gasteiger partial charge on any atom is -0.491 e. The summed E-state index contributed by atoms with van der Waals surface area (Å²) < 4.78 is 48.3. The van der Waals surface area contributed by atoms with Crippen LogP contribution < -0.4 is 19.9 Å². The number of alkyl halides is 1. The molecular formula is C27H31FN6O8S2. The first kappa shape index (κ1) is 32.7. The summed E-state index contributed by atoms with van der Waals surface area (Å²) in [5, 5.41) is 35.0. The van der Waals surface area contributed by atoms with Gasteiger partial charge in [0.2, 0.25) is 10.2 Å². The molecule has 2 aromatic heterocycles. The fourth-order valence-electron chi connectivity index (χ4n) is 4.15. The van der Waals surface area contributed by atoms with Crippen molar-refractivity contribution in [2.75, 3.05) is 13.3 Å². The van der Waals surface area contributed by atoms with Crippen molar-refractivity contribution >= 4 is 43.5 Å². The third-order valence-corrected chi connectivity index (χ3v) is 8.65. The van der Waals surface area contributed by atoms with E-state index in [1.165, 1.54) is 10.9 Å². The Morgan fingerprint density at radius 3 is 2.48 bits per heavy atom. The molecule has 2 heterocycles. The molecular weight excluding hydrogens is 619 g/mol. The summed E-state index contributed by atoms with van der Waals surface area (Å²) in [6, 6.07) is 9.10. The van der Waals surface area contributed by atoms with E-state index in [1.54, 1.807) is 56.3 Å². The molecule has 2 aromatic carbocycles. The lowest BCUT2D eigenvalue weighted by atomic mass is 10.0. The number of hydrogen-bond acceptors (Lipinski definition) is 11. The summed E-state index contributed by atoms with van der Waals surface area (Å²) in [5.41, 5.74) is 1.46. The van der Waals surface area contributed by atoms with Gasteiger partial charge >= 0.3 is 5.97 Å². The van der Waals surface area contributed by atoms with Gasteiger partial charge in [0.1, 0.15) is 55.3 Å². The number of fused-ring (bicyclic) bond motifs is 1. The first-order chi connectivity index (χ1) is 20.8. The maximum absolute atomic E-state index is 13.3. The van der Waals surface area contributed by atoms with E-state index in [0.29, 0.717) is 33.0 Å². The fourth-order valence-corrected chi connectivity index (χ4v) is 5.83. The average molecular weight is 651 g/mol. The van der Waals surface area contributed by atoms with Crippen molar-refractivity contribution in [3.63, 3.8) is 0 Å². The Hall–Kier alpha value is -4.19. The van der Waals surface area contributed by atoms with Gasteiger partial charge in [0.25, 0.3) is 10.0 Å². The van der Waals surface area contributed by atoms with Crippen LogP contribution in [0, 0.1) is 5.92 Å². The molecule has 0 bridgehead atoms. The van der Waals surface area contributed by atoms with E-state index < -0.39 is 46.8 Å². The number of ether oxygens (including phenoxy) is 2. The normalized spacial score (nSPS) is 13.9. The lowest BCUT2D eigenvalue weighted by molar-refractivity contribution is -0.142. The van der Waals surface area contributed by atoms with Gasteiger partial charge in [-0.25, -0.2) is 32.4 Å². The number of aliphatic hydroxyl groups is 1. The number of aliphatic carboxylic acids is 1. The molecule has 0 aliphatic heterocycles. The quantitative estimate of drug-likeness (QED) is 0.146. The number of benzene rings is 2. The number of carbonyl (C=O) groups is 2. The van der Waals surface area contributed by atoms with Gasteiger partial charge in [-0.15, -0.1) is 16.4 Å². The van der Waals surface area contributed by atoms with Crippen LogP contribution in [0.4, 0.5) is 4.39 Å². The van der Waals surface area contributed by atoms with Gasteiger partial charge in [0.05, 0.1) is 16.4 Å². The molecule has 1 amide bonds. The summed E-state index contributed by atoms with van der Waals surface area (Å²) in [6.45, 7) is 2.41. The lowest BCUT2D eigenvalue weighted by Crippen LogP contribution is -2.46. The molecule has 4 rings (SSSR count). The molecule has 0 radical (unpaired) electrons. The molecule has 14 nitrogen and oxygen atoms in total. The van der Waals surface area contributed by atoms with Crippen molar-refractivity contribution in [3.8, 4) is 11.5 Å². The maximum Gasteiger partial charge on any atom is 0.326 e. The van der Waals surface area contributed by atoms with Crippen molar-refractivity contribution in [2.24, 2.45) is 11.1 Å². The SMILES string of the molecule is CC(C)[C@H](C(=O)N[C@@H](Cc1ccc(OCC(O)CF)cc1)C(=O)O)n1cc(COc2ccc3nc(S(N)(=O)=O)sc3c2)nn1. The Bertz CT molecular complexity index is 1710. The van der Waals surface area contributed by atoms with E-state index >= 15 is 0 Å². The number of halogens is 1. The summed E-state index contributed by atoms with van der Waals surface area (Å²) >= 11 is 0.918. The maximum atomic E-state index is 13.3. The zero-order valence-corrected chi connectivity index (χ0v) is 25.3. The second-order valence-electron chi connectivity index (χ2n) is 10.2. The van der Waals surface area contributed by atoms with Crippen LogP contribution in [-0.2, 0) is 32.6 Å². The third kappa shape index (κ3) is 8.46. The number of nitrogens with zero attached hydrogens (tertiary/aromatic N) is 4. The molecule has 0 saturated heterocycles. The molecule has 4 aromatic rings. The second-order valence-corrected chi connectivity index (χ2v) is 13.0. The van der Waals surface area contributed by atoms with Gasteiger partial charge in [0, 0.05) is 6.42 Å². The Labute approximate surface area is 255 Å². The van der Waals surface area contributed by atoms with Gasteiger partial charge in [-0.2, -0.15) is 0 Å². The van der Waals surface area contributed by atoms with Crippen molar-refractivity contribution in [3.05, 3.63) is 59.9 Å². The summed E-state index contributed by atoms with van der Waals surface area (Å²) in [4.78, 5) is 29.3. The standard InChI is InChI=1S/C27H31FN6O8S2/c1-15(2)24(25(36)30-22(26(37)38)9-16-3-5-19(6-4-16)42-14-18(35)11-28)34-12-17(32-33-34)13-41-20-7-8-21-23(10-20)43-27(31-21)44(29,39)40/h3-8,10,12,15,18,22,24,35H,9,11,13-14H2,1-2H3,(H,30,36)(H,37,38)(H2,29,39,40)/t18?,22-,24+/m0/s1. The number of carboxylic acids is 1. The minimum atomic E-state index is -3.93. The number of aromatic nitrogens is 4. The Morgan fingerprint density at radius 1 is 1.14 bits per heavy atom. The molecule has 0 spiro atoms. The average Bonchev–Trinajstić information content (AvgIpc) is 3.62. The van der Waals surface area contributed by atoms with E-state index in [0.717, 1.165) is 11.3 Å². The predicted molar refractivity (Wildman–Crippen MR) is 156 cm³/mol. The molecule has 0 aliphatic carbocycles. The molecule has 17 heteroatoms. The Morgan fingerprint density at radius 2 is 1.84 bits per heavy atom. The zero-order valence-electron chi connectivity index (χ0n) is 23.7. The topological polar surface area (TPSA) is 209 Å². The minimum absolute atomic E-state index is 0.0109. The van der Waals surface area contributed by atoms with Crippen molar-refractivity contribution < 1.29 is 42.1 Å². The number of nitrogens with two attached hydrogens (primary N) is 1.